The lowest BCUT2D eigenvalue weighted by molar-refractivity contribution is 0.0599. The van der Waals surface area contributed by atoms with Crippen LogP contribution in [0.5, 0.6) is 0 Å². The van der Waals surface area contributed by atoms with Gasteiger partial charge in [0.25, 0.3) is 5.91 Å². The van der Waals surface area contributed by atoms with Gasteiger partial charge >= 0.3 is 0 Å². The highest BCUT2D eigenvalue weighted by atomic mass is 32.2. The molecule has 0 unspecified atom stereocenters. The van der Waals surface area contributed by atoms with E-state index < -0.39 is 25.7 Å². The molecule has 0 fully saturated rings. The highest BCUT2D eigenvalue weighted by Crippen LogP contribution is 2.38. The van der Waals surface area contributed by atoms with E-state index in [1.165, 1.54) is 24.0 Å². The molecular weight excluding hydrogens is 469 g/mol. The lowest BCUT2D eigenvalue weighted by atomic mass is 9.95. The van der Waals surface area contributed by atoms with Crippen LogP contribution >= 0.6 is 11.8 Å². The Labute approximate surface area is 206 Å². The van der Waals surface area contributed by atoms with Gasteiger partial charge in [-0.1, -0.05) is 44.7 Å². The zero-order valence-electron chi connectivity index (χ0n) is 20.6. The minimum absolute atomic E-state index is 0.193. The first-order chi connectivity index (χ1) is 16.3. The number of nitrogens with zero attached hydrogens (tertiary/aromatic N) is 3. The van der Waals surface area contributed by atoms with Crippen molar-refractivity contribution in [2.75, 3.05) is 18.1 Å². The van der Waals surface area contributed by atoms with Crippen LogP contribution in [-0.4, -0.2) is 42.0 Å². The van der Waals surface area contributed by atoms with Gasteiger partial charge in [-0.3, -0.25) is 4.79 Å². The van der Waals surface area contributed by atoms with Gasteiger partial charge in [-0.2, -0.15) is 0 Å². The van der Waals surface area contributed by atoms with E-state index >= 15 is 0 Å². The monoisotopic (exact) mass is 503 g/mol. The molecule has 2 aromatic heterocycles. The van der Waals surface area contributed by atoms with Crippen molar-refractivity contribution in [1.29, 1.82) is 0 Å². The van der Waals surface area contributed by atoms with E-state index in [1.54, 1.807) is 0 Å². The van der Waals surface area contributed by atoms with Gasteiger partial charge in [0.1, 0.15) is 23.0 Å². The van der Waals surface area contributed by atoms with Crippen molar-refractivity contribution in [2.45, 2.75) is 69.4 Å². The molecule has 3 heterocycles. The summed E-state index contributed by atoms with van der Waals surface area (Å²) in [5.41, 5.74) is 0.332. The van der Waals surface area contributed by atoms with Gasteiger partial charge in [0.2, 0.25) is 0 Å². The van der Waals surface area contributed by atoms with Crippen molar-refractivity contribution in [1.82, 2.24) is 20.3 Å². The molecule has 2 aromatic rings. The van der Waals surface area contributed by atoms with Crippen molar-refractivity contribution < 1.29 is 13.6 Å². The minimum Gasteiger partial charge on any atom is -0.406 e. The van der Waals surface area contributed by atoms with E-state index in [1.807, 2.05) is 24.5 Å². The Balaban J connectivity index is 2.11. The highest BCUT2D eigenvalue weighted by Gasteiger charge is 2.39. The van der Waals surface area contributed by atoms with Crippen molar-refractivity contribution in [3.05, 3.63) is 47.6 Å². The SMILES string of the molecule is CC[Si](CC)(CC)O[C@]1(C)CC/C=C(/F)CNC(=O)c2cnc(SC)nc2Nc2cccc1n2. The second-order valence-corrected chi connectivity index (χ2v) is 14.1. The predicted molar refractivity (Wildman–Crippen MR) is 138 cm³/mol. The molecule has 3 rings (SSSR count). The molecule has 0 saturated heterocycles. The molecule has 2 bridgehead atoms. The molecule has 184 valence electrons. The van der Waals surface area contributed by atoms with E-state index in [0.717, 1.165) is 23.8 Å². The fourth-order valence-corrected chi connectivity index (χ4v) is 7.59. The van der Waals surface area contributed by atoms with Crippen LogP contribution in [0.4, 0.5) is 16.0 Å². The van der Waals surface area contributed by atoms with Crippen LogP contribution in [0.25, 0.3) is 0 Å². The molecule has 2 N–H and O–H groups in total. The maximum atomic E-state index is 14.6. The fourth-order valence-electron chi connectivity index (χ4n) is 4.16. The summed E-state index contributed by atoms with van der Waals surface area (Å²) in [6, 6.07) is 8.72. The fraction of sp³-hybridized carbons (Fsp3) is 0.500. The van der Waals surface area contributed by atoms with Crippen molar-refractivity contribution in [3.63, 3.8) is 0 Å². The Kier molecular flexibility index (Phi) is 8.83. The average Bonchev–Trinajstić information content (AvgIpc) is 2.85. The molecule has 1 aliphatic rings. The van der Waals surface area contributed by atoms with Crippen molar-refractivity contribution in [2.24, 2.45) is 0 Å². The third-order valence-electron chi connectivity index (χ3n) is 6.51. The normalized spacial score (nSPS) is 20.9. The maximum absolute atomic E-state index is 14.6. The Morgan fingerprint density at radius 1 is 1.21 bits per heavy atom. The standard InChI is InChI=1S/C24H34FN5O2SSi/c1-6-34(7-2,8-3)32-24(4)14-10-11-17(25)15-26-22(31)18-16-27-23(33-5)30-21(18)29-20-13-9-12-19(24)28-20/h9,11-13,16H,6-8,10,14-15H2,1-5H3,(H,26,31)(H,27,28,29,30)/b17-11+/t24-/m1/s1. The predicted octanol–water partition coefficient (Wildman–Crippen LogP) is 5.95. The first kappa shape index (κ1) is 26.3. The van der Waals surface area contributed by atoms with Crippen LogP contribution in [0.2, 0.25) is 18.1 Å². The van der Waals surface area contributed by atoms with Crippen LogP contribution in [0.1, 0.15) is 56.6 Å². The van der Waals surface area contributed by atoms with E-state index in [9.17, 15) is 9.18 Å². The Morgan fingerprint density at radius 3 is 2.62 bits per heavy atom. The van der Waals surface area contributed by atoms with Gasteiger partial charge in [0, 0.05) is 6.20 Å². The molecular formula is C24H34FN5O2SSi. The number of aromatic nitrogens is 3. The summed E-state index contributed by atoms with van der Waals surface area (Å²) in [6.07, 6.45) is 5.88. The topological polar surface area (TPSA) is 89.0 Å². The Bertz CT molecular complexity index is 1040. The first-order valence-corrected chi connectivity index (χ1v) is 15.5. The largest absolute Gasteiger partial charge is 0.406 e. The third-order valence-corrected chi connectivity index (χ3v) is 11.8. The zero-order chi connectivity index (χ0) is 24.8. The summed E-state index contributed by atoms with van der Waals surface area (Å²) in [6.45, 7) is 8.45. The van der Waals surface area contributed by atoms with Gasteiger partial charge < -0.3 is 15.1 Å². The number of amides is 1. The summed E-state index contributed by atoms with van der Waals surface area (Å²) in [5.74, 6) is 0.0351. The molecule has 10 heteroatoms. The van der Waals surface area contributed by atoms with Gasteiger partial charge in [0.15, 0.2) is 13.5 Å². The third kappa shape index (κ3) is 6.03. The molecule has 1 amide bonds. The van der Waals surface area contributed by atoms with Crippen molar-refractivity contribution >= 4 is 37.6 Å². The number of rotatable bonds is 6. The average molecular weight is 504 g/mol. The van der Waals surface area contributed by atoms with Crippen LogP contribution in [0.15, 0.2) is 41.5 Å². The molecule has 34 heavy (non-hydrogen) atoms. The minimum atomic E-state index is -1.99. The molecule has 0 aliphatic carbocycles. The molecule has 0 saturated carbocycles. The highest BCUT2D eigenvalue weighted by molar-refractivity contribution is 7.98. The number of thioether (sulfide) groups is 1. The molecule has 0 spiro atoms. The molecule has 0 radical (unpaired) electrons. The second-order valence-electron chi connectivity index (χ2n) is 8.60. The lowest BCUT2D eigenvalue weighted by Crippen LogP contribution is -2.44. The molecule has 1 aliphatic heterocycles. The van der Waals surface area contributed by atoms with Crippen LogP contribution in [0.3, 0.4) is 0 Å². The van der Waals surface area contributed by atoms with E-state index in [2.05, 4.69) is 48.3 Å². The smallest absolute Gasteiger partial charge is 0.256 e. The Morgan fingerprint density at radius 2 is 1.94 bits per heavy atom. The van der Waals surface area contributed by atoms with Crippen LogP contribution < -0.4 is 10.6 Å². The number of halogens is 1. The summed E-state index contributed by atoms with van der Waals surface area (Å²) in [5, 5.41) is 6.32. The van der Waals surface area contributed by atoms with Gasteiger partial charge in [0.05, 0.1) is 17.8 Å². The molecule has 1 atom stereocenters. The summed E-state index contributed by atoms with van der Waals surface area (Å²) in [7, 11) is -1.99. The number of fused-ring (bicyclic) bond motifs is 3. The number of carbonyl (C=O) groups is 1. The van der Waals surface area contributed by atoms with Crippen LogP contribution in [-0.2, 0) is 10.0 Å². The number of hydrogen-bond acceptors (Lipinski definition) is 7. The lowest BCUT2D eigenvalue weighted by Gasteiger charge is -2.40. The summed E-state index contributed by atoms with van der Waals surface area (Å²) in [4.78, 5) is 26.3. The number of allylic oxidation sites excluding steroid dienone is 1. The van der Waals surface area contributed by atoms with Crippen molar-refractivity contribution in [3.8, 4) is 0 Å². The van der Waals surface area contributed by atoms with E-state index in [-0.39, 0.29) is 12.1 Å². The zero-order valence-corrected chi connectivity index (χ0v) is 22.4. The number of pyridine rings is 1. The Hall–Kier alpha value is -2.30. The van der Waals surface area contributed by atoms with Gasteiger partial charge in [-0.15, -0.1) is 0 Å². The van der Waals surface area contributed by atoms with Gasteiger partial charge in [-0.25, -0.2) is 19.3 Å². The van der Waals surface area contributed by atoms with Crippen LogP contribution in [0, 0.1) is 0 Å². The number of nitrogens with one attached hydrogen (secondary N) is 2. The maximum Gasteiger partial charge on any atom is 0.256 e. The summed E-state index contributed by atoms with van der Waals surface area (Å²) >= 11 is 1.37. The first-order valence-electron chi connectivity index (χ1n) is 11.8. The summed E-state index contributed by atoms with van der Waals surface area (Å²) < 4.78 is 21.5. The quantitative estimate of drug-likeness (QED) is 0.286. The molecule has 0 aromatic carbocycles. The van der Waals surface area contributed by atoms with E-state index in [4.69, 9.17) is 9.41 Å². The number of hydrogen-bond donors (Lipinski definition) is 2. The molecule has 7 nitrogen and oxygen atoms in total. The van der Waals surface area contributed by atoms with E-state index in [0.29, 0.717) is 29.6 Å². The second kappa shape index (κ2) is 11.4. The number of anilines is 2. The van der Waals surface area contributed by atoms with Gasteiger partial charge in [-0.05, 0) is 56.3 Å². The number of carbonyl (C=O) groups excluding carboxylic acids is 1.